The molecule has 7 nitrogen and oxygen atoms in total. The smallest absolute Gasteiger partial charge is 0.410 e. The molecule has 1 atom stereocenters. The maximum absolute atomic E-state index is 13.6. The highest BCUT2D eigenvalue weighted by Crippen LogP contribution is 2.45. The number of halogens is 1. The zero-order valence-electron chi connectivity index (χ0n) is 19.3. The van der Waals surface area contributed by atoms with Crippen molar-refractivity contribution < 1.29 is 18.2 Å². The summed E-state index contributed by atoms with van der Waals surface area (Å²) in [6, 6.07) is 2.32. The van der Waals surface area contributed by atoms with E-state index in [9.17, 15) is 8.68 Å². The fourth-order valence-electron chi connectivity index (χ4n) is 4.46. The number of hydrogen-bond donors (Lipinski definition) is 1. The number of aromatic nitrogens is 2. The van der Waals surface area contributed by atoms with Crippen LogP contribution in [0.2, 0.25) is 0 Å². The summed E-state index contributed by atoms with van der Waals surface area (Å²) >= 11 is 0.179. The molecule has 0 radical (unpaired) electrons. The van der Waals surface area contributed by atoms with Crippen LogP contribution in [0.3, 0.4) is 0 Å². The molecule has 1 unspecified atom stereocenters. The molecule has 9 heteroatoms. The lowest BCUT2D eigenvalue weighted by Crippen LogP contribution is -2.44. The van der Waals surface area contributed by atoms with Gasteiger partial charge >= 0.3 is 6.09 Å². The number of nitrogens with zero attached hydrogens (tertiary/aromatic N) is 3. The van der Waals surface area contributed by atoms with Gasteiger partial charge in [-0.2, -0.15) is 0 Å². The van der Waals surface area contributed by atoms with Gasteiger partial charge in [0.05, 0.1) is 18.5 Å². The molecule has 176 valence electrons. The number of amides is 1. The van der Waals surface area contributed by atoms with Crippen molar-refractivity contribution in [2.45, 2.75) is 64.0 Å². The molecule has 0 spiro atoms. The highest BCUT2D eigenvalue weighted by Gasteiger charge is 2.34. The van der Waals surface area contributed by atoms with Gasteiger partial charge < -0.3 is 19.7 Å². The van der Waals surface area contributed by atoms with Gasteiger partial charge in [-0.1, -0.05) is 0 Å². The number of methoxy groups -OCH3 is 1. The Labute approximate surface area is 193 Å². The van der Waals surface area contributed by atoms with Crippen LogP contribution in [-0.2, 0) is 9.47 Å². The number of nitrogens with one attached hydrogen (secondary N) is 1. The van der Waals surface area contributed by atoms with Gasteiger partial charge in [0.25, 0.3) is 0 Å². The Balaban J connectivity index is 1.46. The molecule has 2 aliphatic rings. The van der Waals surface area contributed by atoms with E-state index in [-0.39, 0.29) is 30.4 Å². The Morgan fingerprint density at radius 3 is 2.62 bits per heavy atom. The van der Waals surface area contributed by atoms with E-state index >= 15 is 0 Å². The lowest BCUT2D eigenvalue weighted by Gasteiger charge is -2.34. The molecular formula is C23H33FN4O3S. The Morgan fingerprint density at radius 2 is 2.03 bits per heavy atom. The van der Waals surface area contributed by atoms with Crippen LogP contribution in [0, 0.1) is 5.92 Å². The summed E-state index contributed by atoms with van der Waals surface area (Å²) in [5.74, 6) is 0.845. The minimum absolute atomic E-state index is 0.179. The van der Waals surface area contributed by atoms with Crippen molar-refractivity contribution >= 4 is 35.1 Å². The molecule has 1 aliphatic heterocycles. The van der Waals surface area contributed by atoms with Gasteiger partial charge in [-0.15, -0.1) is 3.89 Å². The summed E-state index contributed by atoms with van der Waals surface area (Å²) in [5.41, 5.74) is 2.17. The third-order valence-corrected chi connectivity index (χ3v) is 6.60. The quantitative estimate of drug-likeness (QED) is 0.594. The number of hydrogen-bond acceptors (Lipinski definition) is 6. The number of piperidine rings is 1. The van der Waals surface area contributed by atoms with Gasteiger partial charge in [0.1, 0.15) is 5.60 Å². The normalized spacial score (nSPS) is 18.7. The zero-order valence-corrected chi connectivity index (χ0v) is 20.1. The fourth-order valence-corrected chi connectivity index (χ4v) is 4.82. The Hall–Kier alpha value is -2.00. The maximum Gasteiger partial charge on any atom is 0.410 e. The molecule has 2 aromatic heterocycles. The third-order valence-electron chi connectivity index (χ3n) is 6.17. The standard InChI is InChI=1S/C23H33FN4O3S/c1-23(2,3)31-22(29)27-9-7-16(8-10-27)26-17-11-18-19(20(14-30-4)15-5-6-15)13-28(32-24)21(18)25-12-17/h11-13,15-16,20,26H,5-10,14H2,1-4H3. The molecule has 2 fully saturated rings. The van der Waals surface area contributed by atoms with Gasteiger partial charge in [0, 0.05) is 43.7 Å². The number of carbonyl (C=O) groups excluding carboxylic acids is 1. The lowest BCUT2D eigenvalue weighted by atomic mass is 9.95. The summed E-state index contributed by atoms with van der Waals surface area (Å²) in [5, 5.41) is 4.54. The third kappa shape index (κ3) is 5.31. The Kier molecular flexibility index (Phi) is 6.86. The number of ether oxygens (including phenoxy) is 2. The largest absolute Gasteiger partial charge is 0.444 e. The van der Waals surface area contributed by atoms with Gasteiger partial charge in [-0.3, -0.25) is 0 Å². The van der Waals surface area contributed by atoms with Crippen molar-refractivity contribution in [3.63, 3.8) is 0 Å². The van der Waals surface area contributed by atoms with E-state index in [0.29, 0.717) is 31.3 Å². The van der Waals surface area contributed by atoms with Crippen LogP contribution in [0.25, 0.3) is 11.0 Å². The average molecular weight is 465 g/mol. The Morgan fingerprint density at radius 1 is 1.31 bits per heavy atom. The minimum atomic E-state index is -0.486. The minimum Gasteiger partial charge on any atom is -0.444 e. The van der Waals surface area contributed by atoms with E-state index in [1.54, 1.807) is 18.2 Å². The second kappa shape index (κ2) is 9.47. The van der Waals surface area contributed by atoms with Gasteiger partial charge in [0.15, 0.2) is 18.0 Å². The predicted molar refractivity (Wildman–Crippen MR) is 126 cm³/mol. The van der Waals surface area contributed by atoms with Crippen molar-refractivity contribution in [2.24, 2.45) is 5.92 Å². The molecule has 3 heterocycles. The average Bonchev–Trinajstić information content (AvgIpc) is 3.52. The van der Waals surface area contributed by atoms with Crippen LogP contribution in [0.1, 0.15) is 57.9 Å². The molecule has 0 bridgehead atoms. The van der Waals surface area contributed by atoms with Crippen LogP contribution in [0.4, 0.5) is 14.4 Å². The van der Waals surface area contributed by atoms with Gasteiger partial charge in [0.2, 0.25) is 0 Å². The van der Waals surface area contributed by atoms with E-state index < -0.39 is 5.60 Å². The highest BCUT2D eigenvalue weighted by atomic mass is 32.2. The molecular weight excluding hydrogens is 431 g/mol. The van der Waals surface area contributed by atoms with Crippen molar-refractivity contribution in [1.82, 2.24) is 13.9 Å². The summed E-state index contributed by atoms with van der Waals surface area (Å²) in [4.78, 5) is 18.6. The van der Waals surface area contributed by atoms with E-state index in [1.807, 2.05) is 27.0 Å². The van der Waals surface area contributed by atoms with Gasteiger partial charge in [-0.25, -0.2) is 13.8 Å². The SMILES string of the molecule is COCC(c1cn(SF)c2ncc(NC3CCN(C(=O)OC(C)(C)C)CC3)cc12)C1CC1. The number of fused-ring (bicyclic) bond motifs is 1. The maximum atomic E-state index is 13.6. The van der Waals surface area contributed by atoms with Crippen molar-refractivity contribution in [3.8, 4) is 0 Å². The van der Waals surface area contributed by atoms with Crippen molar-refractivity contribution in [1.29, 1.82) is 0 Å². The molecule has 1 amide bonds. The first-order chi connectivity index (χ1) is 15.3. The summed E-state index contributed by atoms with van der Waals surface area (Å²) in [6.07, 6.45) is 7.42. The van der Waals surface area contributed by atoms with Crippen molar-refractivity contribution in [2.75, 3.05) is 32.1 Å². The van der Waals surface area contributed by atoms with Crippen LogP contribution in [-0.4, -0.2) is 58.4 Å². The summed E-state index contributed by atoms with van der Waals surface area (Å²) in [7, 11) is 1.72. The number of carbonyl (C=O) groups is 1. The fraction of sp³-hybridized carbons (Fsp3) is 0.652. The number of rotatable bonds is 7. The zero-order chi connectivity index (χ0) is 22.9. The van der Waals surface area contributed by atoms with E-state index in [4.69, 9.17) is 9.47 Å². The Bertz CT molecular complexity index is 949. The molecule has 4 rings (SSSR count). The molecule has 32 heavy (non-hydrogen) atoms. The first-order valence-corrected chi connectivity index (χ1v) is 12.0. The highest BCUT2D eigenvalue weighted by molar-refractivity contribution is 7.92. The van der Waals surface area contributed by atoms with Crippen LogP contribution >= 0.6 is 12.3 Å². The first kappa shape index (κ1) is 23.2. The predicted octanol–water partition coefficient (Wildman–Crippen LogP) is 5.37. The summed E-state index contributed by atoms with van der Waals surface area (Å²) in [6.45, 7) is 7.57. The molecule has 1 aliphatic carbocycles. The van der Waals surface area contributed by atoms with E-state index in [0.717, 1.165) is 29.5 Å². The molecule has 1 saturated carbocycles. The molecule has 1 N–H and O–H groups in total. The number of likely N-dealkylation sites (tertiary alicyclic amines) is 1. The second-order valence-electron chi connectivity index (χ2n) is 9.86. The van der Waals surface area contributed by atoms with E-state index in [2.05, 4.69) is 16.4 Å². The number of anilines is 1. The first-order valence-electron chi connectivity index (χ1n) is 11.3. The monoisotopic (exact) mass is 464 g/mol. The second-order valence-corrected chi connectivity index (χ2v) is 10.4. The van der Waals surface area contributed by atoms with E-state index in [1.165, 1.54) is 16.8 Å². The molecule has 1 saturated heterocycles. The van der Waals surface area contributed by atoms with Gasteiger partial charge in [-0.05, 0) is 64.0 Å². The summed E-state index contributed by atoms with van der Waals surface area (Å²) < 4.78 is 26.0. The molecule has 2 aromatic rings. The van der Waals surface area contributed by atoms with Crippen molar-refractivity contribution in [3.05, 3.63) is 24.0 Å². The van der Waals surface area contributed by atoms with Crippen LogP contribution < -0.4 is 5.32 Å². The number of pyridine rings is 1. The lowest BCUT2D eigenvalue weighted by molar-refractivity contribution is 0.0210. The van der Waals surface area contributed by atoms with Crippen LogP contribution in [0.15, 0.2) is 18.5 Å². The topological polar surface area (TPSA) is 68.6 Å². The molecule has 0 aromatic carbocycles. The van der Waals surface area contributed by atoms with Crippen LogP contribution in [0.5, 0.6) is 0 Å².